The molecule has 1 aromatic rings. The Kier molecular flexibility index (Phi) is 5.18. The molecule has 2 heterocycles. The van der Waals surface area contributed by atoms with E-state index in [4.69, 9.17) is 16.9 Å². The molecule has 1 amide bonds. The van der Waals surface area contributed by atoms with Gasteiger partial charge in [-0.15, -0.1) is 0 Å². The van der Waals surface area contributed by atoms with Gasteiger partial charge < -0.3 is 4.90 Å². The molecule has 0 spiro atoms. The van der Waals surface area contributed by atoms with Crippen LogP contribution in [-0.4, -0.2) is 42.3 Å². The number of carbonyl (C=O) groups excluding carboxylic acids is 1. The molecular weight excluding hydrogens is 427 g/mol. The third-order valence-electron chi connectivity index (χ3n) is 4.05. The SMILES string of the molecule is N#CCC(=O)N=C1S[C@H]2CS(=O)(=O)C[C@H]2N1c1cc(C(F)(F)F)ccc1Cl. The lowest BCUT2D eigenvalue weighted by Crippen LogP contribution is -2.38. The van der Waals surface area contributed by atoms with Gasteiger partial charge in [0.2, 0.25) is 0 Å². The maximum absolute atomic E-state index is 13.1. The third kappa shape index (κ3) is 4.07. The molecule has 27 heavy (non-hydrogen) atoms. The Morgan fingerprint density at radius 1 is 1.41 bits per heavy atom. The molecule has 2 aliphatic rings. The van der Waals surface area contributed by atoms with Crippen molar-refractivity contribution >= 4 is 50.0 Å². The lowest BCUT2D eigenvalue weighted by molar-refractivity contribution is -0.137. The number of amidine groups is 1. The summed E-state index contributed by atoms with van der Waals surface area (Å²) in [6.45, 7) is 0. The number of sulfone groups is 1. The predicted octanol–water partition coefficient (Wildman–Crippen LogP) is 2.87. The van der Waals surface area contributed by atoms with E-state index in [9.17, 15) is 26.4 Å². The minimum absolute atomic E-state index is 0.0334. The van der Waals surface area contributed by atoms with E-state index >= 15 is 0 Å². The van der Waals surface area contributed by atoms with Gasteiger partial charge in [-0.1, -0.05) is 23.4 Å². The van der Waals surface area contributed by atoms with Gasteiger partial charge in [-0.05, 0) is 18.2 Å². The van der Waals surface area contributed by atoms with Crippen LogP contribution in [0.25, 0.3) is 0 Å². The minimum Gasteiger partial charge on any atom is -0.314 e. The second kappa shape index (κ2) is 7.00. The van der Waals surface area contributed by atoms with Crippen LogP contribution in [0, 0.1) is 11.3 Å². The lowest BCUT2D eigenvalue weighted by atomic mass is 10.1. The van der Waals surface area contributed by atoms with E-state index in [0.717, 1.165) is 30.0 Å². The van der Waals surface area contributed by atoms with Crippen LogP contribution in [0.1, 0.15) is 12.0 Å². The Bertz CT molecular complexity index is 973. The van der Waals surface area contributed by atoms with Crippen molar-refractivity contribution in [3.8, 4) is 6.07 Å². The molecule has 0 radical (unpaired) electrons. The first-order chi connectivity index (χ1) is 12.5. The number of nitrogens with zero attached hydrogens (tertiary/aromatic N) is 3. The van der Waals surface area contributed by atoms with Gasteiger partial charge in [-0.2, -0.15) is 23.4 Å². The van der Waals surface area contributed by atoms with Gasteiger partial charge in [0.05, 0.1) is 39.9 Å². The highest BCUT2D eigenvalue weighted by Gasteiger charge is 2.50. The van der Waals surface area contributed by atoms with Crippen LogP contribution in [0.4, 0.5) is 18.9 Å². The first-order valence-electron chi connectivity index (χ1n) is 7.53. The van der Waals surface area contributed by atoms with Crippen LogP contribution in [0.2, 0.25) is 5.02 Å². The molecule has 3 rings (SSSR count). The number of rotatable bonds is 2. The first-order valence-corrected chi connectivity index (χ1v) is 10.6. The molecule has 1 aromatic carbocycles. The van der Waals surface area contributed by atoms with E-state index in [1.54, 1.807) is 6.07 Å². The average molecular weight is 438 g/mol. The quantitative estimate of drug-likeness (QED) is 0.706. The van der Waals surface area contributed by atoms with E-state index in [1.807, 2.05) is 0 Å². The number of alkyl halides is 3. The Labute approximate surface area is 161 Å². The highest BCUT2D eigenvalue weighted by molar-refractivity contribution is 8.16. The molecule has 12 heteroatoms. The first kappa shape index (κ1) is 20.0. The van der Waals surface area contributed by atoms with Crippen molar-refractivity contribution in [2.45, 2.75) is 23.9 Å². The average Bonchev–Trinajstić information content (AvgIpc) is 2.98. The molecule has 144 valence electrons. The van der Waals surface area contributed by atoms with Crippen LogP contribution < -0.4 is 4.90 Å². The molecule has 2 atom stereocenters. The van der Waals surface area contributed by atoms with Gasteiger partial charge >= 0.3 is 6.18 Å². The summed E-state index contributed by atoms with van der Waals surface area (Å²) in [7, 11) is -3.38. The topological polar surface area (TPSA) is 90.6 Å². The molecule has 0 aromatic heterocycles. The van der Waals surface area contributed by atoms with Gasteiger partial charge in [-0.3, -0.25) is 4.79 Å². The minimum atomic E-state index is -4.62. The fraction of sp³-hybridized carbons (Fsp3) is 0.400. The normalized spacial score (nSPS) is 25.4. The smallest absolute Gasteiger partial charge is 0.314 e. The number of fused-ring (bicyclic) bond motifs is 1. The van der Waals surface area contributed by atoms with Crippen LogP contribution in [-0.2, 0) is 20.8 Å². The van der Waals surface area contributed by atoms with E-state index in [0.29, 0.717) is 0 Å². The van der Waals surface area contributed by atoms with Crippen molar-refractivity contribution in [3.63, 3.8) is 0 Å². The van der Waals surface area contributed by atoms with Gasteiger partial charge in [-0.25, -0.2) is 8.42 Å². The molecule has 0 unspecified atom stereocenters. The van der Waals surface area contributed by atoms with Crippen LogP contribution in [0.3, 0.4) is 0 Å². The standard InChI is InChI=1S/C15H11ClF3N3O3S2/c16-9-2-1-8(15(17,18)19)5-10(9)22-11-6-27(24,25)7-12(11)26-14(22)21-13(23)3-4-20/h1-2,5,11-12H,3,6-7H2/t11-,12+/m1/s1. The molecular formula is C15H11ClF3N3O3S2. The number of carbonyl (C=O) groups is 1. The molecule has 0 aliphatic carbocycles. The summed E-state index contributed by atoms with van der Waals surface area (Å²) in [4.78, 5) is 16.8. The maximum Gasteiger partial charge on any atom is 0.416 e. The number of benzene rings is 1. The second-order valence-electron chi connectivity index (χ2n) is 5.96. The number of nitriles is 1. The molecule has 2 fully saturated rings. The molecule has 6 nitrogen and oxygen atoms in total. The van der Waals surface area contributed by atoms with Crippen molar-refractivity contribution in [2.75, 3.05) is 16.4 Å². The van der Waals surface area contributed by atoms with Crippen molar-refractivity contribution < 1.29 is 26.4 Å². The van der Waals surface area contributed by atoms with Crippen LogP contribution >= 0.6 is 23.4 Å². The maximum atomic E-state index is 13.1. The number of amides is 1. The molecule has 2 aliphatic heterocycles. The number of aliphatic imine (C=N–C) groups is 1. The Hall–Kier alpha value is -1.77. The number of hydrogen-bond donors (Lipinski definition) is 0. The van der Waals surface area contributed by atoms with E-state index < -0.39 is 45.2 Å². The summed E-state index contributed by atoms with van der Waals surface area (Å²) < 4.78 is 63.2. The monoisotopic (exact) mass is 437 g/mol. The fourth-order valence-corrected chi connectivity index (χ4v) is 7.07. The summed E-state index contributed by atoms with van der Waals surface area (Å²) in [6, 6.07) is 3.63. The van der Waals surface area contributed by atoms with Gasteiger partial charge in [0, 0.05) is 5.25 Å². The van der Waals surface area contributed by atoms with Crippen molar-refractivity contribution in [1.82, 2.24) is 0 Å². The zero-order valence-electron chi connectivity index (χ0n) is 13.4. The zero-order chi connectivity index (χ0) is 20.0. The number of thioether (sulfide) groups is 1. The van der Waals surface area contributed by atoms with E-state index in [-0.39, 0.29) is 27.4 Å². The Morgan fingerprint density at radius 3 is 2.74 bits per heavy atom. The van der Waals surface area contributed by atoms with E-state index in [1.165, 1.54) is 4.90 Å². The summed E-state index contributed by atoms with van der Waals surface area (Å²) in [5, 5.41) is 8.13. The molecule has 0 saturated carbocycles. The molecule has 0 N–H and O–H groups in total. The lowest BCUT2D eigenvalue weighted by Gasteiger charge is -2.26. The molecule has 0 bridgehead atoms. The predicted molar refractivity (Wildman–Crippen MR) is 95.4 cm³/mol. The Morgan fingerprint density at radius 2 is 2.11 bits per heavy atom. The van der Waals surface area contributed by atoms with Gasteiger partial charge in [0.1, 0.15) is 6.42 Å². The number of hydrogen-bond acceptors (Lipinski definition) is 5. The zero-order valence-corrected chi connectivity index (χ0v) is 15.8. The Balaban J connectivity index is 2.10. The third-order valence-corrected chi connectivity index (χ3v) is 7.58. The number of halogens is 4. The highest BCUT2D eigenvalue weighted by atomic mass is 35.5. The van der Waals surface area contributed by atoms with Crippen molar-refractivity contribution in [3.05, 3.63) is 28.8 Å². The van der Waals surface area contributed by atoms with Crippen LogP contribution in [0.5, 0.6) is 0 Å². The number of anilines is 1. The van der Waals surface area contributed by atoms with Crippen molar-refractivity contribution in [2.24, 2.45) is 4.99 Å². The molecule has 2 saturated heterocycles. The highest BCUT2D eigenvalue weighted by Crippen LogP contribution is 2.44. The van der Waals surface area contributed by atoms with Gasteiger partial charge in [0.25, 0.3) is 5.91 Å². The summed E-state index contributed by atoms with van der Waals surface area (Å²) in [5.41, 5.74) is -1.04. The summed E-state index contributed by atoms with van der Waals surface area (Å²) in [6.07, 6.45) is -5.12. The van der Waals surface area contributed by atoms with E-state index in [2.05, 4.69) is 4.99 Å². The van der Waals surface area contributed by atoms with Gasteiger partial charge in [0.15, 0.2) is 15.0 Å². The summed E-state index contributed by atoms with van der Waals surface area (Å²) in [5.74, 6) is -1.24. The van der Waals surface area contributed by atoms with Crippen molar-refractivity contribution in [1.29, 1.82) is 5.26 Å². The second-order valence-corrected chi connectivity index (χ2v) is 9.72. The van der Waals surface area contributed by atoms with Crippen LogP contribution in [0.15, 0.2) is 23.2 Å². The summed E-state index contributed by atoms with van der Waals surface area (Å²) >= 11 is 7.08. The fourth-order valence-electron chi connectivity index (χ4n) is 2.93. The largest absolute Gasteiger partial charge is 0.416 e.